The zero-order valence-electron chi connectivity index (χ0n) is 13.7. The van der Waals surface area contributed by atoms with Crippen LogP contribution in [0, 0.1) is 0 Å². The molecule has 9 nitrogen and oxygen atoms in total. The second kappa shape index (κ2) is 5.91. The maximum atomic E-state index is 4.62. The molecule has 0 saturated carbocycles. The minimum atomic E-state index is 0.728. The molecule has 0 bridgehead atoms. The summed E-state index contributed by atoms with van der Waals surface area (Å²) in [4.78, 5) is 24.0. The first-order valence-corrected chi connectivity index (χ1v) is 7.87. The van der Waals surface area contributed by atoms with Gasteiger partial charge in [0.2, 0.25) is 5.95 Å². The van der Waals surface area contributed by atoms with Crippen LogP contribution < -0.4 is 14.7 Å². The molecule has 0 aromatic carbocycles. The summed E-state index contributed by atoms with van der Waals surface area (Å²) in [5, 5.41) is 7.91. The van der Waals surface area contributed by atoms with Crippen LogP contribution in [0.15, 0.2) is 24.8 Å². The van der Waals surface area contributed by atoms with Crippen molar-refractivity contribution in [3.63, 3.8) is 0 Å². The van der Waals surface area contributed by atoms with Crippen molar-refractivity contribution in [1.82, 2.24) is 30.1 Å². The first kappa shape index (κ1) is 14.6. The van der Waals surface area contributed by atoms with Crippen molar-refractivity contribution in [2.75, 3.05) is 55.0 Å². The topological polar surface area (TPSA) is 90.0 Å². The van der Waals surface area contributed by atoms with Crippen LogP contribution in [0.4, 0.5) is 17.6 Å². The van der Waals surface area contributed by atoms with Crippen LogP contribution in [0.5, 0.6) is 0 Å². The largest absolute Gasteiger partial charge is 0.353 e. The van der Waals surface area contributed by atoms with Crippen molar-refractivity contribution in [3.8, 4) is 0 Å². The molecular weight excluding hydrogens is 306 g/mol. The van der Waals surface area contributed by atoms with Gasteiger partial charge in [0.05, 0.1) is 11.6 Å². The zero-order valence-corrected chi connectivity index (χ0v) is 13.7. The molecule has 1 aliphatic rings. The highest BCUT2D eigenvalue weighted by Crippen LogP contribution is 2.23. The molecule has 1 aliphatic heterocycles. The molecule has 24 heavy (non-hydrogen) atoms. The maximum absolute atomic E-state index is 4.62. The van der Waals surface area contributed by atoms with E-state index in [4.69, 9.17) is 0 Å². The molecule has 9 heteroatoms. The van der Waals surface area contributed by atoms with E-state index in [9.17, 15) is 0 Å². The molecule has 0 aliphatic carbocycles. The SMILES string of the molecule is CN(C)c1nccc(N2CCN(c3ncnc4[nH]ncc34)CC2)n1. The molecule has 1 N–H and O–H groups in total. The lowest BCUT2D eigenvalue weighted by molar-refractivity contribution is 0.642. The van der Waals surface area contributed by atoms with Crippen molar-refractivity contribution in [1.29, 1.82) is 0 Å². The highest BCUT2D eigenvalue weighted by molar-refractivity contribution is 5.86. The minimum Gasteiger partial charge on any atom is -0.353 e. The van der Waals surface area contributed by atoms with E-state index in [-0.39, 0.29) is 0 Å². The van der Waals surface area contributed by atoms with Crippen LogP contribution in [0.3, 0.4) is 0 Å². The molecule has 124 valence electrons. The molecule has 3 aromatic heterocycles. The van der Waals surface area contributed by atoms with Crippen LogP contribution in [0.25, 0.3) is 11.0 Å². The Bertz CT molecular complexity index is 836. The fraction of sp³-hybridized carbons (Fsp3) is 0.400. The van der Waals surface area contributed by atoms with Gasteiger partial charge in [-0.2, -0.15) is 10.1 Å². The second-order valence-corrected chi connectivity index (χ2v) is 5.91. The summed E-state index contributed by atoms with van der Waals surface area (Å²) in [6.45, 7) is 3.51. The van der Waals surface area contributed by atoms with Gasteiger partial charge in [-0.05, 0) is 6.07 Å². The summed E-state index contributed by atoms with van der Waals surface area (Å²) in [6.07, 6.45) is 5.17. The maximum Gasteiger partial charge on any atom is 0.226 e. The Hall–Kier alpha value is -2.97. The zero-order chi connectivity index (χ0) is 16.5. The van der Waals surface area contributed by atoms with E-state index < -0.39 is 0 Å². The number of H-pyrrole nitrogens is 1. The van der Waals surface area contributed by atoms with Crippen LogP contribution in [-0.2, 0) is 0 Å². The van der Waals surface area contributed by atoms with E-state index in [1.54, 1.807) is 12.5 Å². The van der Waals surface area contributed by atoms with E-state index in [0.29, 0.717) is 0 Å². The number of hydrogen-bond donors (Lipinski definition) is 1. The minimum absolute atomic E-state index is 0.728. The molecule has 4 heterocycles. The van der Waals surface area contributed by atoms with E-state index in [1.807, 2.05) is 31.3 Å². The van der Waals surface area contributed by atoms with Gasteiger partial charge >= 0.3 is 0 Å². The average molecular weight is 325 g/mol. The van der Waals surface area contributed by atoms with Gasteiger partial charge in [-0.3, -0.25) is 5.10 Å². The Morgan fingerprint density at radius 2 is 1.83 bits per heavy atom. The van der Waals surface area contributed by atoms with Crippen LogP contribution in [-0.4, -0.2) is 70.4 Å². The Morgan fingerprint density at radius 3 is 2.62 bits per heavy atom. The molecular formula is C15H19N9. The predicted molar refractivity (Wildman–Crippen MR) is 92.5 cm³/mol. The van der Waals surface area contributed by atoms with Gasteiger partial charge in [-0.15, -0.1) is 0 Å². The van der Waals surface area contributed by atoms with E-state index in [2.05, 4.69) is 39.9 Å². The fourth-order valence-electron chi connectivity index (χ4n) is 2.88. The lowest BCUT2D eigenvalue weighted by Gasteiger charge is -2.36. The standard InChI is InChI=1S/C15H19N9/c1-22(2)15-16-4-3-12(20-15)23-5-7-24(8-6-23)14-11-9-19-21-13(11)17-10-18-14/h3-4,9-10H,5-8H2,1-2H3,(H,17,18,19,21). The smallest absolute Gasteiger partial charge is 0.226 e. The van der Waals surface area contributed by atoms with Crippen molar-refractivity contribution >= 4 is 28.6 Å². The number of fused-ring (bicyclic) bond motifs is 1. The van der Waals surface area contributed by atoms with Gasteiger partial charge in [0.25, 0.3) is 0 Å². The second-order valence-electron chi connectivity index (χ2n) is 5.91. The van der Waals surface area contributed by atoms with Crippen molar-refractivity contribution in [2.24, 2.45) is 0 Å². The van der Waals surface area contributed by atoms with Gasteiger partial charge in [0.1, 0.15) is 18.0 Å². The molecule has 1 fully saturated rings. The average Bonchev–Trinajstić information content (AvgIpc) is 3.11. The van der Waals surface area contributed by atoms with Gasteiger partial charge in [-0.25, -0.2) is 15.0 Å². The number of anilines is 3. The fourth-order valence-corrected chi connectivity index (χ4v) is 2.88. The van der Waals surface area contributed by atoms with Gasteiger partial charge in [-0.1, -0.05) is 0 Å². The third-order valence-electron chi connectivity index (χ3n) is 4.16. The van der Waals surface area contributed by atoms with Crippen molar-refractivity contribution < 1.29 is 0 Å². The lowest BCUT2D eigenvalue weighted by atomic mass is 10.2. The summed E-state index contributed by atoms with van der Waals surface area (Å²) >= 11 is 0. The Labute approximate surface area is 139 Å². The summed E-state index contributed by atoms with van der Waals surface area (Å²) in [6, 6.07) is 1.96. The quantitative estimate of drug-likeness (QED) is 0.746. The summed E-state index contributed by atoms with van der Waals surface area (Å²) < 4.78 is 0. The molecule has 0 unspecified atom stereocenters. The third-order valence-corrected chi connectivity index (χ3v) is 4.16. The van der Waals surface area contributed by atoms with Gasteiger partial charge < -0.3 is 14.7 Å². The van der Waals surface area contributed by atoms with E-state index >= 15 is 0 Å². The Balaban J connectivity index is 1.51. The lowest BCUT2D eigenvalue weighted by Crippen LogP contribution is -2.47. The third kappa shape index (κ3) is 2.57. The number of nitrogens with zero attached hydrogens (tertiary/aromatic N) is 8. The normalized spacial score (nSPS) is 15.1. The summed E-state index contributed by atoms with van der Waals surface area (Å²) in [7, 11) is 3.89. The van der Waals surface area contributed by atoms with Crippen molar-refractivity contribution in [2.45, 2.75) is 0 Å². The summed E-state index contributed by atoms with van der Waals surface area (Å²) in [5.74, 6) is 2.63. The van der Waals surface area contributed by atoms with Gasteiger partial charge in [0.15, 0.2) is 5.65 Å². The number of hydrogen-bond acceptors (Lipinski definition) is 8. The number of piperazine rings is 1. The van der Waals surface area contributed by atoms with Crippen LogP contribution >= 0.6 is 0 Å². The highest BCUT2D eigenvalue weighted by atomic mass is 15.3. The number of rotatable bonds is 3. The van der Waals surface area contributed by atoms with Crippen LogP contribution in [0.1, 0.15) is 0 Å². The Morgan fingerprint density at radius 1 is 1.04 bits per heavy atom. The molecule has 0 atom stereocenters. The number of nitrogens with one attached hydrogen (secondary N) is 1. The monoisotopic (exact) mass is 325 g/mol. The first-order chi connectivity index (χ1) is 11.7. The molecule has 3 aromatic rings. The first-order valence-electron chi connectivity index (χ1n) is 7.87. The van der Waals surface area contributed by atoms with E-state index in [0.717, 1.165) is 54.8 Å². The molecule has 0 spiro atoms. The summed E-state index contributed by atoms with van der Waals surface area (Å²) in [5.41, 5.74) is 0.772. The predicted octanol–water partition coefficient (Wildman–Crippen LogP) is 0.535. The number of aromatic nitrogens is 6. The van der Waals surface area contributed by atoms with Crippen LogP contribution in [0.2, 0.25) is 0 Å². The Kier molecular flexibility index (Phi) is 3.60. The van der Waals surface area contributed by atoms with Crippen molar-refractivity contribution in [3.05, 3.63) is 24.8 Å². The van der Waals surface area contributed by atoms with Gasteiger partial charge in [0, 0.05) is 46.5 Å². The molecule has 1 saturated heterocycles. The highest BCUT2D eigenvalue weighted by Gasteiger charge is 2.21. The molecule has 0 radical (unpaired) electrons. The number of aromatic amines is 1. The molecule has 0 amide bonds. The molecule has 4 rings (SSSR count). The van der Waals surface area contributed by atoms with E-state index in [1.165, 1.54) is 0 Å².